The summed E-state index contributed by atoms with van der Waals surface area (Å²) in [4.78, 5) is 10.4. The number of amides is 1. The smallest absolute Gasteiger partial charge is 0.216 e. The minimum absolute atomic E-state index is 0.0181. The van der Waals surface area contributed by atoms with Crippen LogP contribution in [0.3, 0.4) is 0 Å². The highest BCUT2D eigenvalue weighted by Gasteiger charge is 1.93. The Balaban J connectivity index is 3.11. The van der Waals surface area contributed by atoms with Gasteiger partial charge in [0, 0.05) is 27.1 Å². The van der Waals surface area contributed by atoms with Crippen LogP contribution in [0.1, 0.15) is 6.92 Å². The lowest BCUT2D eigenvalue weighted by atomic mass is 10.6. The quantitative estimate of drug-likeness (QED) is 0.508. The number of hydrazine groups is 1. The van der Waals surface area contributed by atoms with Crippen molar-refractivity contribution in [2.45, 2.75) is 6.92 Å². The van der Waals surface area contributed by atoms with E-state index >= 15 is 0 Å². The molecule has 2 N–H and O–H groups in total. The second-order valence-electron chi connectivity index (χ2n) is 2.13. The average molecular weight is 145 g/mol. The van der Waals surface area contributed by atoms with Gasteiger partial charge in [-0.15, -0.1) is 0 Å². The van der Waals surface area contributed by atoms with Gasteiger partial charge in [0.15, 0.2) is 0 Å². The number of rotatable bonds is 4. The molecule has 0 fully saturated rings. The van der Waals surface area contributed by atoms with E-state index in [1.807, 2.05) is 19.1 Å². The minimum atomic E-state index is 0.0181. The van der Waals surface area contributed by atoms with Crippen LogP contribution in [0.25, 0.3) is 0 Å². The summed E-state index contributed by atoms with van der Waals surface area (Å²) in [7, 11) is 3.76. The number of likely N-dealkylation sites (N-methyl/N-ethyl adjacent to an activating group) is 1. The van der Waals surface area contributed by atoms with Gasteiger partial charge in [-0.2, -0.15) is 0 Å². The summed E-state index contributed by atoms with van der Waals surface area (Å²) in [5.41, 5.74) is 2.92. The van der Waals surface area contributed by atoms with Crippen molar-refractivity contribution in [3.8, 4) is 0 Å². The highest BCUT2D eigenvalue weighted by atomic mass is 16.1. The monoisotopic (exact) mass is 145 g/mol. The van der Waals surface area contributed by atoms with Gasteiger partial charge in [0.1, 0.15) is 0 Å². The molecular weight excluding hydrogens is 130 g/mol. The molecule has 0 spiro atoms. The number of hydrogen-bond donors (Lipinski definition) is 2. The molecule has 0 heterocycles. The molecule has 0 rings (SSSR count). The van der Waals surface area contributed by atoms with Crippen LogP contribution in [0.15, 0.2) is 0 Å². The van der Waals surface area contributed by atoms with Gasteiger partial charge in [-0.25, -0.2) is 5.01 Å². The summed E-state index contributed by atoms with van der Waals surface area (Å²) in [6.45, 7) is 3.02. The van der Waals surface area contributed by atoms with E-state index in [2.05, 4.69) is 10.7 Å². The lowest BCUT2D eigenvalue weighted by molar-refractivity contribution is -0.119. The molecule has 4 heteroatoms. The minimum Gasteiger partial charge on any atom is -0.355 e. The zero-order valence-corrected chi connectivity index (χ0v) is 6.77. The maximum atomic E-state index is 10.4. The second kappa shape index (κ2) is 5.20. The first-order chi connectivity index (χ1) is 4.66. The lowest BCUT2D eigenvalue weighted by Gasteiger charge is -2.14. The zero-order valence-electron chi connectivity index (χ0n) is 6.77. The molecule has 0 unspecified atom stereocenters. The van der Waals surface area contributed by atoms with E-state index in [0.717, 1.165) is 6.54 Å². The zero-order chi connectivity index (χ0) is 7.98. The molecule has 0 atom stereocenters. The molecule has 0 bridgehead atoms. The van der Waals surface area contributed by atoms with E-state index in [9.17, 15) is 4.79 Å². The van der Waals surface area contributed by atoms with Gasteiger partial charge in [0.25, 0.3) is 0 Å². The Morgan fingerprint density at radius 3 is 2.60 bits per heavy atom. The summed E-state index contributed by atoms with van der Waals surface area (Å²) < 4.78 is 0. The van der Waals surface area contributed by atoms with Crippen LogP contribution in [-0.4, -0.2) is 38.1 Å². The van der Waals surface area contributed by atoms with Crippen LogP contribution < -0.4 is 10.7 Å². The first-order valence-electron chi connectivity index (χ1n) is 3.29. The Hall–Kier alpha value is -0.610. The third kappa shape index (κ3) is 5.53. The Labute approximate surface area is 61.6 Å². The highest BCUT2D eigenvalue weighted by molar-refractivity contribution is 5.72. The van der Waals surface area contributed by atoms with Gasteiger partial charge < -0.3 is 5.32 Å². The first-order valence-corrected chi connectivity index (χ1v) is 3.29. The van der Waals surface area contributed by atoms with Crippen LogP contribution >= 0.6 is 0 Å². The van der Waals surface area contributed by atoms with Crippen molar-refractivity contribution in [2.75, 3.05) is 27.2 Å². The predicted molar refractivity (Wildman–Crippen MR) is 40.4 cm³/mol. The number of nitrogens with zero attached hydrogens (tertiary/aromatic N) is 1. The molecule has 0 saturated heterocycles. The van der Waals surface area contributed by atoms with Crippen molar-refractivity contribution in [2.24, 2.45) is 0 Å². The molecule has 0 aromatic rings. The van der Waals surface area contributed by atoms with Gasteiger partial charge in [-0.3, -0.25) is 10.2 Å². The molecule has 0 aliphatic carbocycles. The molecule has 60 valence electrons. The standard InChI is InChI=1S/C6H15N3O/c1-6(10)8-4-5-9(3)7-2/h7H,4-5H2,1-3H3,(H,8,10). The van der Waals surface area contributed by atoms with Crippen molar-refractivity contribution >= 4 is 5.91 Å². The van der Waals surface area contributed by atoms with Crippen LogP contribution in [0.5, 0.6) is 0 Å². The fraction of sp³-hybridized carbons (Fsp3) is 0.833. The van der Waals surface area contributed by atoms with Gasteiger partial charge in [0.2, 0.25) is 5.91 Å². The second-order valence-corrected chi connectivity index (χ2v) is 2.13. The SMILES string of the molecule is CNN(C)CCNC(C)=O. The van der Waals surface area contributed by atoms with Crippen LogP contribution in [0, 0.1) is 0 Å². The first kappa shape index (κ1) is 9.39. The van der Waals surface area contributed by atoms with Crippen LogP contribution in [0.4, 0.5) is 0 Å². The fourth-order valence-corrected chi connectivity index (χ4v) is 0.511. The number of carbonyl (C=O) groups excluding carboxylic acids is 1. The highest BCUT2D eigenvalue weighted by Crippen LogP contribution is 1.69. The summed E-state index contributed by atoms with van der Waals surface area (Å²) in [6, 6.07) is 0. The molecule has 0 radical (unpaired) electrons. The van der Waals surface area contributed by atoms with E-state index in [1.54, 1.807) is 0 Å². The van der Waals surface area contributed by atoms with E-state index in [4.69, 9.17) is 0 Å². The van der Waals surface area contributed by atoms with Crippen molar-refractivity contribution in [3.63, 3.8) is 0 Å². The summed E-state index contributed by atoms with van der Waals surface area (Å²) in [5, 5.41) is 4.59. The summed E-state index contributed by atoms with van der Waals surface area (Å²) in [6.07, 6.45) is 0. The third-order valence-electron chi connectivity index (χ3n) is 1.20. The molecule has 4 nitrogen and oxygen atoms in total. The lowest BCUT2D eigenvalue weighted by Crippen LogP contribution is -2.37. The van der Waals surface area contributed by atoms with Crippen molar-refractivity contribution in [1.29, 1.82) is 0 Å². The van der Waals surface area contributed by atoms with Crippen LogP contribution in [0.2, 0.25) is 0 Å². The number of hydrogen-bond acceptors (Lipinski definition) is 3. The maximum absolute atomic E-state index is 10.4. The molecule has 0 aromatic carbocycles. The van der Waals surface area contributed by atoms with Gasteiger partial charge >= 0.3 is 0 Å². The summed E-state index contributed by atoms with van der Waals surface area (Å²) >= 11 is 0. The third-order valence-corrected chi connectivity index (χ3v) is 1.20. The molecular formula is C6H15N3O. The molecule has 0 saturated carbocycles. The van der Waals surface area contributed by atoms with Crippen molar-refractivity contribution < 1.29 is 4.79 Å². The van der Waals surface area contributed by atoms with E-state index in [-0.39, 0.29) is 5.91 Å². The Morgan fingerprint density at radius 2 is 2.20 bits per heavy atom. The largest absolute Gasteiger partial charge is 0.355 e. The van der Waals surface area contributed by atoms with Crippen LogP contribution in [-0.2, 0) is 4.79 Å². The molecule has 1 amide bonds. The number of carbonyl (C=O) groups is 1. The van der Waals surface area contributed by atoms with Gasteiger partial charge in [-0.1, -0.05) is 0 Å². The normalized spacial score (nSPS) is 10.0. The molecule has 0 aliphatic heterocycles. The van der Waals surface area contributed by atoms with E-state index in [0.29, 0.717) is 6.54 Å². The molecule has 0 aromatic heterocycles. The Kier molecular flexibility index (Phi) is 4.88. The molecule has 0 aliphatic rings. The average Bonchev–Trinajstić information content (AvgIpc) is 1.87. The topological polar surface area (TPSA) is 44.4 Å². The Morgan fingerprint density at radius 1 is 1.60 bits per heavy atom. The van der Waals surface area contributed by atoms with Crippen molar-refractivity contribution in [3.05, 3.63) is 0 Å². The van der Waals surface area contributed by atoms with E-state index < -0.39 is 0 Å². The van der Waals surface area contributed by atoms with Gasteiger partial charge in [-0.05, 0) is 7.05 Å². The van der Waals surface area contributed by atoms with Gasteiger partial charge in [0.05, 0.1) is 0 Å². The fourth-order valence-electron chi connectivity index (χ4n) is 0.511. The van der Waals surface area contributed by atoms with Crippen molar-refractivity contribution in [1.82, 2.24) is 15.8 Å². The Bertz CT molecular complexity index is 105. The number of nitrogens with one attached hydrogen (secondary N) is 2. The molecule has 10 heavy (non-hydrogen) atoms. The summed E-state index contributed by atoms with van der Waals surface area (Å²) in [5.74, 6) is 0.0181. The maximum Gasteiger partial charge on any atom is 0.216 e. The predicted octanol–water partition coefficient (Wildman–Crippen LogP) is -0.811. The van der Waals surface area contributed by atoms with E-state index in [1.165, 1.54) is 6.92 Å².